The first-order valence-corrected chi connectivity index (χ1v) is 8.41. The Morgan fingerprint density at radius 2 is 2.15 bits per heavy atom. The average Bonchev–Trinajstić information content (AvgIpc) is 3.10. The van der Waals surface area contributed by atoms with E-state index in [9.17, 15) is 4.79 Å². The SMILES string of the molecule is COc1ncccc1C(=O)N1CC(c2nc(-c3cccc(Cl)c3)no2)C1. The molecule has 1 amide bonds. The largest absolute Gasteiger partial charge is 0.480 e. The fraction of sp³-hybridized carbons (Fsp3) is 0.222. The number of ether oxygens (including phenoxy) is 1. The van der Waals surface area contributed by atoms with E-state index in [1.165, 1.54) is 7.11 Å². The van der Waals surface area contributed by atoms with Crippen LogP contribution in [0.25, 0.3) is 11.4 Å². The van der Waals surface area contributed by atoms with Crippen molar-refractivity contribution in [2.24, 2.45) is 0 Å². The van der Waals surface area contributed by atoms with Crippen LogP contribution in [0, 0.1) is 0 Å². The third-order valence-electron chi connectivity index (χ3n) is 4.24. The van der Waals surface area contributed by atoms with Gasteiger partial charge in [-0.25, -0.2) is 4.98 Å². The third kappa shape index (κ3) is 3.01. The second-order valence-corrected chi connectivity index (χ2v) is 6.37. The molecule has 3 heterocycles. The van der Waals surface area contributed by atoms with Crippen LogP contribution in [0.1, 0.15) is 22.2 Å². The Balaban J connectivity index is 1.44. The summed E-state index contributed by atoms with van der Waals surface area (Å²) in [5, 5.41) is 4.62. The molecular weight excluding hydrogens is 356 g/mol. The monoisotopic (exact) mass is 370 g/mol. The number of likely N-dealkylation sites (tertiary alicyclic amines) is 1. The Morgan fingerprint density at radius 3 is 2.92 bits per heavy atom. The zero-order valence-electron chi connectivity index (χ0n) is 13.9. The van der Waals surface area contributed by atoms with Gasteiger partial charge in [-0.2, -0.15) is 4.98 Å². The van der Waals surface area contributed by atoms with Crippen LogP contribution in [0.15, 0.2) is 47.1 Å². The maximum Gasteiger partial charge on any atom is 0.259 e. The molecule has 2 aromatic heterocycles. The Labute approximate surface area is 154 Å². The van der Waals surface area contributed by atoms with Crippen LogP contribution in [-0.2, 0) is 0 Å². The van der Waals surface area contributed by atoms with Crippen molar-refractivity contribution in [3.05, 3.63) is 59.1 Å². The molecule has 7 nitrogen and oxygen atoms in total. The van der Waals surface area contributed by atoms with Crippen LogP contribution < -0.4 is 4.74 Å². The molecule has 8 heteroatoms. The van der Waals surface area contributed by atoms with Gasteiger partial charge >= 0.3 is 0 Å². The van der Waals surface area contributed by atoms with Crippen molar-refractivity contribution in [2.75, 3.05) is 20.2 Å². The molecule has 0 atom stereocenters. The molecule has 0 saturated carbocycles. The molecule has 0 radical (unpaired) electrons. The summed E-state index contributed by atoms with van der Waals surface area (Å²) in [6, 6.07) is 10.7. The molecule has 1 aliphatic heterocycles. The molecule has 1 aromatic carbocycles. The van der Waals surface area contributed by atoms with Crippen LogP contribution in [-0.4, -0.2) is 46.1 Å². The van der Waals surface area contributed by atoms with Crippen molar-refractivity contribution >= 4 is 17.5 Å². The second-order valence-electron chi connectivity index (χ2n) is 5.93. The lowest BCUT2D eigenvalue weighted by Gasteiger charge is -2.37. The fourth-order valence-electron chi connectivity index (χ4n) is 2.83. The van der Waals surface area contributed by atoms with Gasteiger partial charge < -0.3 is 14.2 Å². The predicted octanol–water partition coefficient (Wildman–Crippen LogP) is 3.03. The minimum atomic E-state index is -0.124. The summed E-state index contributed by atoms with van der Waals surface area (Å²) < 4.78 is 10.5. The zero-order chi connectivity index (χ0) is 18.1. The summed E-state index contributed by atoms with van der Waals surface area (Å²) in [7, 11) is 1.49. The highest BCUT2D eigenvalue weighted by atomic mass is 35.5. The van der Waals surface area contributed by atoms with E-state index in [2.05, 4.69) is 15.1 Å². The number of methoxy groups -OCH3 is 1. The van der Waals surface area contributed by atoms with Gasteiger partial charge in [-0.15, -0.1) is 0 Å². The molecule has 3 aromatic rings. The van der Waals surface area contributed by atoms with E-state index < -0.39 is 0 Å². The zero-order valence-corrected chi connectivity index (χ0v) is 14.7. The van der Waals surface area contributed by atoms with Crippen molar-refractivity contribution < 1.29 is 14.1 Å². The van der Waals surface area contributed by atoms with Crippen LogP contribution in [0.3, 0.4) is 0 Å². The van der Waals surface area contributed by atoms with E-state index in [0.717, 1.165) is 5.56 Å². The van der Waals surface area contributed by atoms with Gasteiger partial charge in [-0.05, 0) is 24.3 Å². The summed E-state index contributed by atoms with van der Waals surface area (Å²) in [6.07, 6.45) is 1.59. The van der Waals surface area contributed by atoms with Gasteiger partial charge in [0.25, 0.3) is 5.91 Å². The van der Waals surface area contributed by atoms with Crippen molar-refractivity contribution in [3.63, 3.8) is 0 Å². The fourth-order valence-corrected chi connectivity index (χ4v) is 3.02. The first kappa shape index (κ1) is 16.5. The highest BCUT2D eigenvalue weighted by Crippen LogP contribution is 2.30. The van der Waals surface area contributed by atoms with Gasteiger partial charge in [-0.1, -0.05) is 28.9 Å². The van der Waals surface area contributed by atoms with E-state index in [0.29, 0.717) is 41.3 Å². The minimum absolute atomic E-state index is 0.0158. The summed E-state index contributed by atoms with van der Waals surface area (Å²) in [4.78, 5) is 22.8. The van der Waals surface area contributed by atoms with Crippen LogP contribution >= 0.6 is 11.6 Å². The maximum atomic E-state index is 12.6. The molecule has 132 valence electrons. The van der Waals surface area contributed by atoms with Gasteiger partial charge in [0.15, 0.2) is 0 Å². The molecular formula is C18H15ClN4O3. The third-order valence-corrected chi connectivity index (χ3v) is 4.47. The number of carbonyl (C=O) groups excluding carboxylic acids is 1. The Hall–Kier alpha value is -2.93. The second kappa shape index (κ2) is 6.76. The minimum Gasteiger partial charge on any atom is -0.480 e. The van der Waals surface area contributed by atoms with E-state index in [-0.39, 0.29) is 11.8 Å². The van der Waals surface area contributed by atoms with Gasteiger partial charge in [0.2, 0.25) is 17.6 Å². The van der Waals surface area contributed by atoms with Crippen LogP contribution in [0.4, 0.5) is 0 Å². The highest BCUT2D eigenvalue weighted by molar-refractivity contribution is 6.30. The van der Waals surface area contributed by atoms with Crippen molar-refractivity contribution in [3.8, 4) is 17.3 Å². The number of rotatable bonds is 4. The highest BCUT2D eigenvalue weighted by Gasteiger charge is 2.37. The summed E-state index contributed by atoms with van der Waals surface area (Å²) in [5.74, 6) is 1.22. The van der Waals surface area contributed by atoms with Crippen LogP contribution in [0.2, 0.25) is 5.02 Å². The molecule has 0 spiro atoms. The van der Waals surface area contributed by atoms with E-state index >= 15 is 0 Å². The molecule has 1 aliphatic rings. The lowest BCUT2D eigenvalue weighted by Crippen LogP contribution is -2.48. The summed E-state index contributed by atoms with van der Waals surface area (Å²) in [5.41, 5.74) is 1.23. The quantitative estimate of drug-likeness (QED) is 0.702. The molecule has 0 aliphatic carbocycles. The Morgan fingerprint density at radius 1 is 1.31 bits per heavy atom. The first-order chi connectivity index (χ1) is 12.7. The van der Waals surface area contributed by atoms with Gasteiger partial charge in [0.05, 0.1) is 13.0 Å². The van der Waals surface area contributed by atoms with Crippen molar-refractivity contribution in [2.45, 2.75) is 5.92 Å². The lowest BCUT2D eigenvalue weighted by atomic mass is 9.99. The smallest absolute Gasteiger partial charge is 0.259 e. The van der Waals surface area contributed by atoms with Crippen LogP contribution in [0.5, 0.6) is 5.88 Å². The van der Waals surface area contributed by atoms with Gasteiger partial charge in [0, 0.05) is 29.9 Å². The molecule has 0 unspecified atom stereocenters. The van der Waals surface area contributed by atoms with Gasteiger partial charge in [0.1, 0.15) is 5.56 Å². The number of carbonyl (C=O) groups is 1. The first-order valence-electron chi connectivity index (χ1n) is 8.03. The number of halogens is 1. The number of pyridine rings is 1. The van der Waals surface area contributed by atoms with Gasteiger partial charge in [-0.3, -0.25) is 4.79 Å². The number of aromatic nitrogens is 3. The molecule has 0 bridgehead atoms. The number of nitrogens with zero attached hydrogens (tertiary/aromatic N) is 4. The average molecular weight is 371 g/mol. The normalized spacial score (nSPS) is 14.2. The number of hydrogen-bond donors (Lipinski definition) is 0. The number of benzene rings is 1. The van der Waals surface area contributed by atoms with E-state index in [1.807, 2.05) is 12.1 Å². The predicted molar refractivity (Wildman–Crippen MR) is 94.2 cm³/mol. The lowest BCUT2D eigenvalue weighted by molar-refractivity contribution is 0.0565. The van der Waals surface area contributed by atoms with E-state index in [1.54, 1.807) is 35.4 Å². The van der Waals surface area contributed by atoms with E-state index in [4.69, 9.17) is 20.9 Å². The standard InChI is InChI=1S/C18H15ClN4O3/c1-25-17-14(6-3-7-20-17)18(24)23-9-12(10-23)16-21-15(22-26-16)11-4-2-5-13(19)8-11/h2-8,12H,9-10H2,1H3. The van der Waals surface area contributed by atoms with Crippen molar-refractivity contribution in [1.82, 2.24) is 20.0 Å². The molecule has 26 heavy (non-hydrogen) atoms. The Bertz CT molecular complexity index is 953. The summed E-state index contributed by atoms with van der Waals surface area (Å²) in [6.45, 7) is 1.02. The maximum absolute atomic E-state index is 12.6. The topological polar surface area (TPSA) is 81.4 Å². The number of amides is 1. The molecule has 4 rings (SSSR count). The summed E-state index contributed by atoms with van der Waals surface area (Å²) >= 11 is 5.99. The van der Waals surface area contributed by atoms with Crippen molar-refractivity contribution in [1.29, 1.82) is 0 Å². The molecule has 1 saturated heterocycles. The Kier molecular flexibility index (Phi) is 4.30. The number of hydrogen-bond acceptors (Lipinski definition) is 6. The molecule has 0 N–H and O–H groups in total. The molecule has 1 fully saturated rings.